The van der Waals surface area contributed by atoms with E-state index in [1.165, 1.54) is 19.3 Å². The molecule has 5 nitrogen and oxygen atoms in total. The minimum absolute atomic E-state index is 0.00678. The van der Waals surface area contributed by atoms with Gasteiger partial charge in [-0.25, -0.2) is 0 Å². The number of hydrogen-bond donors (Lipinski definition) is 2. The molecule has 2 unspecified atom stereocenters. The van der Waals surface area contributed by atoms with Crippen molar-refractivity contribution in [3.8, 4) is 0 Å². The largest absolute Gasteiger partial charge is 0.481 e. The summed E-state index contributed by atoms with van der Waals surface area (Å²) in [6.45, 7) is 3.13. The zero-order chi connectivity index (χ0) is 12.3. The Morgan fingerprint density at radius 3 is 2.56 bits per heavy atom. The highest BCUT2D eigenvalue weighted by Gasteiger charge is 2.22. The van der Waals surface area contributed by atoms with Gasteiger partial charge in [0.2, 0.25) is 5.22 Å². The lowest BCUT2D eigenvalue weighted by Crippen LogP contribution is -2.40. The molecule has 0 aliphatic carbocycles. The zero-order valence-electron chi connectivity index (χ0n) is 8.86. The summed E-state index contributed by atoms with van der Waals surface area (Å²) in [4.78, 5) is 22.3. The number of carboxylic acid groups (broad SMARTS) is 1. The average molecular weight is 246 g/mol. The second-order valence-electron chi connectivity index (χ2n) is 3.50. The van der Waals surface area contributed by atoms with Gasteiger partial charge in [-0.3, -0.25) is 9.59 Å². The van der Waals surface area contributed by atoms with Gasteiger partial charge in [-0.2, -0.15) is 0 Å². The molecule has 0 bridgehead atoms. The summed E-state index contributed by atoms with van der Waals surface area (Å²) >= 11 is 5.62. The van der Waals surface area contributed by atoms with Crippen LogP contribution in [0.1, 0.15) is 24.2 Å². The summed E-state index contributed by atoms with van der Waals surface area (Å²) in [5.74, 6) is -2.08. The molecule has 1 rings (SSSR count). The molecule has 2 N–H and O–H groups in total. The zero-order valence-corrected chi connectivity index (χ0v) is 9.62. The van der Waals surface area contributed by atoms with E-state index in [-0.39, 0.29) is 10.8 Å². The van der Waals surface area contributed by atoms with Crippen molar-refractivity contribution in [3.05, 3.63) is 23.1 Å². The van der Waals surface area contributed by atoms with Gasteiger partial charge >= 0.3 is 5.97 Å². The van der Waals surface area contributed by atoms with Crippen molar-refractivity contribution in [3.63, 3.8) is 0 Å². The van der Waals surface area contributed by atoms with Gasteiger partial charge in [-0.15, -0.1) is 0 Å². The van der Waals surface area contributed by atoms with Crippen LogP contribution >= 0.6 is 11.6 Å². The van der Waals surface area contributed by atoms with Gasteiger partial charge in [0, 0.05) is 6.04 Å². The third-order valence-electron chi connectivity index (χ3n) is 2.36. The van der Waals surface area contributed by atoms with Crippen molar-refractivity contribution < 1.29 is 19.1 Å². The molecule has 0 radical (unpaired) electrons. The summed E-state index contributed by atoms with van der Waals surface area (Å²) in [5, 5.41) is 11.3. The van der Waals surface area contributed by atoms with Crippen molar-refractivity contribution >= 4 is 23.5 Å². The molecule has 0 spiro atoms. The highest BCUT2D eigenvalue weighted by Crippen LogP contribution is 2.16. The van der Waals surface area contributed by atoms with E-state index in [1.54, 1.807) is 6.92 Å². The van der Waals surface area contributed by atoms with Gasteiger partial charge in [-0.05, 0) is 31.5 Å². The van der Waals surface area contributed by atoms with Crippen LogP contribution in [0.5, 0.6) is 0 Å². The maximum Gasteiger partial charge on any atom is 0.308 e. The van der Waals surface area contributed by atoms with E-state index in [0.29, 0.717) is 0 Å². The van der Waals surface area contributed by atoms with Gasteiger partial charge in [0.15, 0.2) is 0 Å². The summed E-state index contributed by atoms with van der Waals surface area (Å²) in [6.07, 6.45) is 1.29. The Balaban J connectivity index is 2.65. The summed E-state index contributed by atoms with van der Waals surface area (Å²) in [6, 6.07) is 0.937. The Kier molecular flexibility index (Phi) is 3.95. The second-order valence-corrected chi connectivity index (χ2v) is 3.84. The Labute approximate surface area is 97.4 Å². The number of carbonyl (C=O) groups is 2. The number of carboxylic acids is 1. The SMILES string of the molecule is CC(NC(=O)c1ccoc1Cl)C(C)C(=O)O. The number of aliphatic carboxylic acids is 1. The second kappa shape index (κ2) is 5.03. The third-order valence-corrected chi connectivity index (χ3v) is 2.65. The van der Waals surface area contributed by atoms with Crippen LogP contribution in [0.2, 0.25) is 5.22 Å². The first-order valence-electron chi connectivity index (χ1n) is 4.70. The number of furan rings is 1. The van der Waals surface area contributed by atoms with Gasteiger partial charge < -0.3 is 14.8 Å². The third kappa shape index (κ3) is 2.76. The molecular formula is C10H12ClNO4. The fourth-order valence-corrected chi connectivity index (χ4v) is 1.28. The molecule has 6 heteroatoms. The van der Waals surface area contributed by atoms with Crippen LogP contribution in [0.3, 0.4) is 0 Å². The van der Waals surface area contributed by atoms with E-state index in [2.05, 4.69) is 5.32 Å². The van der Waals surface area contributed by atoms with Crippen molar-refractivity contribution in [2.75, 3.05) is 0 Å². The predicted molar refractivity (Wildman–Crippen MR) is 57.4 cm³/mol. The molecule has 1 heterocycles. The smallest absolute Gasteiger partial charge is 0.308 e. The van der Waals surface area contributed by atoms with Crippen LogP contribution < -0.4 is 5.32 Å². The summed E-state index contributed by atoms with van der Waals surface area (Å²) in [5.41, 5.74) is 0.200. The molecule has 88 valence electrons. The lowest BCUT2D eigenvalue weighted by atomic mass is 10.0. The Hall–Kier alpha value is -1.49. The average Bonchev–Trinajstić information content (AvgIpc) is 2.62. The van der Waals surface area contributed by atoms with Gasteiger partial charge in [-0.1, -0.05) is 0 Å². The van der Waals surface area contributed by atoms with E-state index in [9.17, 15) is 9.59 Å². The standard InChI is InChI=1S/C10H12ClNO4/c1-5(10(14)15)6(2)12-9(13)7-3-4-16-8(7)11/h3-6H,1-2H3,(H,12,13)(H,14,15). The topological polar surface area (TPSA) is 79.5 Å². The van der Waals surface area contributed by atoms with Crippen LogP contribution in [0.4, 0.5) is 0 Å². The van der Waals surface area contributed by atoms with Gasteiger partial charge in [0.1, 0.15) is 0 Å². The minimum Gasteiger partial charge on any atom is -0.481 e. The first-order chi connectivity index (χ1) is 7.43. The van der Waals surface area contributed by atoms with Crippen molar-refractivity contribution in [2.45, 2.75) is 19.9 Å². The first kappa shape index (κ1) is 12.6. The predicted octanol–water partition coefficient (Wildman–Crippen LogP) is 1.77. The molecule has 0 saturated carbocycles. The Morgan fingerprint density at radius 2 is 2.12 bits per heavy atom. The maximum atomic E-state index is 11.6. The molecule has 0 fully saturated rings. The lowest BCUT2D eigenvalue weighted by Gasteiger charge is -2.17. The maximum absolute atomic E-state index is 11.6. The molecule has 0 saturated heterocycles. The Bertz CT molecular complexity index is 401. The summed E-state index contributed by atoms with van der Waals surface area (Å²) in [7, 11) is 0. The quantitative estimate of drug-likeness (QED) is 0.847. The molecule has 0 aliphatic heterocycles. The highest BCUT2D eigenvalue weighted by atomic mass is 35.5. The first-order valence-corrected chi connectivity index (χ1v) is 5.08. The molecule has 1 amide bonds. The number of hydrogen-bond acceptors (Lipinski definition) is 3. The molecule has 1 aromatic rings. The van der Waals surface area contributed by atoms with Crippen LogP contribution in [0.15, 0.2) is 16.7 Å². The number of nitrogens with one attached hydrogen (secondary N) is 1. The lowest BCUT2D eigenvalue weighted by molar-refractivity contribution is -0.141. The normalized spacial score (nSPS) is 14.2. The van der Waals surface area contributed by atoms with E-state index in [0.717, 1.165) is 0 Å². The number of rotatable bonds is 4. The van der Waals surface area contributed by atoms with Gasteiger partial charge in [0.05, 0.1) is 17.7 Å². The number of amides is 1. The van der Waals surface area contributed by atoms with E-state index in [1.807, 2.05) is 0 Å². The molecular weight excluding hydrogens is 234 g/mol. The van der Waals surface area contributed by atoms with Crippen molar-refractivity contribution in [1.82, 2.24) is 5.32 Å². The number of halogens is 1. The van der Waals surface area contributed by atoms with Crippen molar-refractivity contribution in [1.29, 1.82) is 0 Å². The molecule has 1 aromatic heterocycles. The minimum atomic E-state index is -0.967. The van der Waals surface area contributed by atoms with Crippen LogP contribution in [0, 0.1) is 5.92 Å². The van der Waals surface area contributed by atoms with E-state index in [4.69, 9.17) is 21.1 Å². The summed E-state index contributed by atoms with van der Waals surface area (Å²) < 4.78 is 4.76. The highest BCUT2D eigenvalue weighted by molar-refractivity contribution is 6.32. The van der Waals surface area contributed by atoms with Gasteiger partial charge in [0.25, 0.3) is 5.91 Å². The Morgan fingerprint density at radius 1 is 1.50 bits per heavy atom. The fourth-order valence-electron chi connectivity index (χ4n) is 1.08. The molecule has 0 aliphatic rings. The van der Waals surface area contributed by atoms with E-state index < -0.39 is 23.8 Å². The van der Waals surface area contributed by atoms with Crippen LogP contribution in [0.25, 0.3) is 0 Å². The molecule has 16 heavy (non-hydrogen) atoms. The molecule has 2 atom stereocenters. The van der Waals surface area contributed by atoms with Crippen LogP contribution in [-0.2, 0) is 4.79 Å². The number of carbonyl (C=O) groups excluding carboxylic acids is 1. The monoisotopic (exact) mass is 245 g/mol. The van der Waals surface area contributed by atoms with Crippen LogP contribution in [-0.4, -0.2) is 23.0 Å². The van der Waals surface area contributed by atoms with Crippen molar-refractivity contribution in [2.24, 2.45) is 5.92 Å². The fraction of sp³-hybridized carbons (Fsp3) is 0.400. The van der Waals surface area contributed by atoms with E-state index >= 15 is 0 Å². The molecule has 0 aromatic carbocycles.